The lowest BCUT2D eigenvalue weighted by molar-refractivity contribution is 0.0885. The average Bonchev–Trinajstić information content (AvgIpc) is 3.02. The van der Waals surface area contributed by atoms with Crippen LogP contribution < -0.4 is 4.74 Å². The zero-order valence-electron chi connectivity index (χ0n) is 11.8. The van der Waals surface area contributed by atoms with Crippen molar-refractivity contribution in [3.8, 4) is 5.75 Å². The van der Waals surface area contributed by atoms with E-state index in [2.05, 4.69) is 73.8 Å². The fraction of sp³-hybridized carbons (Fsp3) is 0.222. The molecular formula is C18H18OS. The number of thiophene rings is 1. The first-order chi connectivity index (χ1) is 9.73. The van der Waals surface area contributed by atoms with E-state index < -0.39 is 0 Å². The Morgan fingerprint density at radius 3 is 2.55 bits per heavy atom. The lowest BCUT2D eigenvalue weighted by atomic mass is 10.0. The second kappa shape index (κ2) is 5.29. The highest BCUT2D eigenvalue weighted by molar-refractivity contribution is 7.10. The summed E-state index contributed by atoms with van der Waals surface area (Å²) in [5.74, 6) is 0.959. The summed E-state index contributed by atoms with van der Waals surface area (Å²) in [7, 11) is 0. The monoisotopic (exact) mass is 282 g/mol. The van der Waals surface area contributed by atoms with Crippen molar-refractivity contribution in [3.05, 3.63) is 64.9 Å². The molecule has 2 aromatic carbocycles. The van der Waals surface area contributed by atoms with Crippen molar-refractivity contribution in [1.29, 1.82) is 0 Å². The van der Waals surface area contributed by atoms with Gasteiger partial charge in [0.2, 0.25) is 0 Å². The number of rotatable bonds is 4. The van der Waals surface area contributed by atoms with Crippen molar-refractivity contribution < 1.29 is 4.74 Å². The van der Waals surface area contributed by atoms with E-state index in [0.717, 1.165) is 12.2 Å². The topological polar surface area (TPSA) is 9.23 Å². The van der Waals surface area contributed by atoms with Gasteiger partial charge in [-0.2, -0.15) is 0 Å². The number of hydrogen-bond acceptors (Lipinski definition) is 2. The second-order valence-electron chi connectivity index (χ2n) is 5.14. The molecule has 0 spiro atoms. The van der Waals surface area contributed by atoms with E-state index in [1.165, 1.54) is 15.6 Å². The summed E-state index contributed by atoms with van der Waals surface area (Å²) in [6, 6.07) is 18.8. The van der Waals surface area contributed by atoms with Gasteiger partial charge in [-0.15, -0.1) is 11.3 Å². The maximum absolute atomic E-state index is 6.42. The van der Waals surface area contributed by atoms with E-state index in [9.17, 15) is 0 Å². The normalized spacial score (nSPS) is 14.1. The van der Waals surface area contributed by atoms with Gasteiger partial charge in [0, 0.05) is 10.3 Å². The molecule has 1 atom stereocenters. The Hall–Kier alpha value is -1.80. The van der Waals surface area contributed by atoms with E-state index in [1.807, 2.05) is 0 Å². The van der Waals surface area contributed by atoms with Crippen LogP contribution in [0.3, 0.4) is 0 Å². The Bertz CT molecular complexity index is 697. The largest absolute Gasteiger partial charge is 0.481 e. The lowest BCUT2D eigenvalue weighted by Gasteiger charge is -2.29. The first kappa shape index (κ1) is 13.2. The molecule has 0 aliphatic heterocycles. The molecule has 2 heteroatoms. The van der Waals surface area contributed by atoms with Gasteiger partial charge in [0.15, 0.2) is 0 Å². The number of benzene rings is 2. The van der Waals surface area contributed by atoms with Gasteiger partial charge in [-0.1, -0.05) is 49.4 Å². The highest BCUT2D eigenvalue weighted by Crippen LogP contribution is 2.36. The Balaban J connectivity index is 2.04. The first-order valence-corrected chi connectivity index (χ1v) is 7.82. The predicted molar refractivity (Wildman–Crippen MR) is 86.5 cm³/mol. The highest BCUT2D eigenvalue weighted by atomic mass is 32.1. The molecule has 1 unspecified atom stereocenters. The summed E-state index contributed by atoms with van der Waals surface area (Å²) in [5, 5.41) is 4.50. The van der Waals surface area contributed by atoms with E-state index in [0.29, 0.717) is 0 Å². The number of ether oxygens (including phenoxy) is 1. The molecule has 0 aliphatic rings. The van der Waals surface area contributed by atoms with Gasteiger partial charge in [0.05, 0.1) is 0 Å². The third kappa shape index (κ3) is 2.32. The van der Waals surface area contributed by atoms with Gasteiger partial charge < -0.3 is 4.74 Å². The zero-order valence-corrected chi connectivity index (χ0v) is 12.6. The van der Waals surface area contributed by atoms with Crippen LogP contribution in [0.5, 0.6) is 5.75 Å². The molecule has 1 nitrogen and oxygen atoms in total. The minimum Gasteiger partial charge on any atom is -0.481 e. The Kier molecular flexibility index (Phi) is 3.49. The van der Waals surface area contributed by atoms with Crippen LogP contribution in [0.2, 0.25) is 0 Å². The van der Waals surface area contributed by atoms with Gasteiger partial charge in [0.1, 0.15) is 11.4 Å². The van der Waals surface area contributed by atoms with Crippen LogP contribution >= 0.6 is 11.3 Å². The molecule has 0 saturated heterocycles. The third-order valence-electron chi connectivity index (χ3n) is 3.80. The van der Waals surface area contributed by atoms with Crippen molar-refractivity contribution in [2.75, 3.05) is 0 Å². The molecule has 0 saturated carbocycles. The maximum Gasteiger partial charge on any atom is 0.140 e. The molecule has 0 radical (unpaired) electrons. The minimum atomic E-state index is -0.266. The van der Waals surface area contributed by atoms with Gasteiger partial charge in [0.25, 0.3) is 0 Å². The van der Waals surface area contributed by atoms with Crippen molar-refractivity contribution in [2.45, 2.75) is 25.9 Å². The minimum absolute atomic E-state index is 0.266. The van der Waals surface area contributed by atoms with Crippen LogP contribution in [0.25, 0.3) is 10.8 Å². The molecule has 0 bridgehead atoms. The van der Waals surface area contributed by atoms with Crippen LogP contribution in [-0.4, -0.2) is 0 Å². The summed E-state index contributed by atoms with van der Waals surface area (Å²) < 4.78 is 6.42. The first-order valence-electron chi connectivity index (χ1n) is 6.94. The molecule has 0 N–H and O–H groups in total. The van der Waals surface area contributed by atoms with Crippen LogP contribution in [0.4, 0.5) is 0 Å². The third-order valence-corrected chi connectivity index (χ3v) is 4.92. The molecule has 1 aromatic heterocycles. The zero-order chi connectivity index (χ0) is 14.0. The average molecular weight is 282 g/mol. The Morgan fingerprint density at radius 1 is 1.00 bits per heavy atom. The number of hydrogen-bond donors (Lipinski definition) is 0. The summed E-state index contributed by atoms with van der Waals surface area (Å²) >= 11 is 1.75. The molecule has 3 aromatic rings. The van der Waals surface area contributed by atoms with E-state index >= 15 is 0 Å². The van der Waals surface area contributed by atoms with Crippen molar-refractivity contribution in [1.82, 2.24) is 0 Å². The number of fused-ring (bicyclic) bond motifs is 1. The van der Waals surface area contributed by atoms with Gasteiger partial charge >= 0.3 is 0 Å². The maximum atomic E-state index is 6.42. The fourth-order valence-corrected chi connectivity index (χ4v) is 3.30. The summed E-state index contributed by atoms with van der Waals surface area (Å²) in [5.41, 5.74) is -0.266. The Labute approximate surface area is 123 Å². The molecular weight excluding hydrogens is 264 g/mol. The SMILES string of the molecule is CCC(C)(Oc1cccc2ccccc12)c1cccs1. The van der Waals surface area contributed by atoms with Crippen LogP contribution in [0.1, 0.15) is 25.1 Å². The molecule has 20 heavy (non-hydrogen) atoms. The van der Waals surface area contributed by atoms with Crippen LogP contribution in [0.15, 0.2) is 60.0 Å². The molecule has 102 valence electrons. The van der Waals surface area contributed by atoms with Crippen LogP contribution in [0, 0.1) is 0 Å². The predicted octanol–water partition coefficient (Wildman–Crippen LogP) is 5.61. The van der Waals surface area contributed by atoms with Gasteiger partial charge in [-0.3, -0.25) is 0 Å². The molecule has 0 aliphatic carbocycles. The van der Waals surface area contributed by atoms with Crippen molar-refractivity contribution >= 4 is 22.1 Å². The second-order valence-corrected chi connectivity index (χ2v) is 6.09. The van der Waals surface area contributed by atoms with Crippen LogP contribution in [-0.2, 0) is 5.60 Å². The van der Waals surface area contributed by atoms with Crippen molar-refractivity contribution in [3.63, 3.8) is 0 Å². The van der Waals surface area contributed by atoms with Gasteiger partial charge in [-0.05, 0) is 36.2 Å². The summed E-state index contributed by atoms with van der Waals surface area (Å²) in [6.07, 6.45) is 0.941. The molecule has 3 rings (SSSR count). The molecule has 0 amide bonds. The fourth-order valence-electron chi connectivity index (χ4n) is 2.40. The van der Waals surface area contributed by atoms with E-state index in [4.69, 9.17) is 4.74 Å². The molecule has 1 heterocycles. The Morgan fingerprint density at radius 2 is 1.80 bits per heavy atom. The summed E-state index contributed by atoms with van der Waals surface area (Å²) in [4.78, 5) is 1.27. The summed E-state index contributed by atoms with van der Waals surface area (Å²) in [6.45, 7) is 4.34. The van der Waals surface area contributed by atoms with Crippen molar-refractivity contribution in [2.24, 2.45) is 0 Å². The standard InChI is InChI=1S/C18H18OS/c1-3-18(2,17-12-7-13-20-17)19-16-11-6-9-14-8-4-5-10-15(14)16/h4-13H,3H2,1-2H3. The lowest BCUT2D eigenvalue weighted by Crippen LogP contribution is -2.27. The smallest absolute Gasteiger partial charge is 0.140 e. The van der Waals surface area contributed by atoms with E-state index in [1.54, 1.807) is 11.3 Å². The highest BCUT2D eigenvalue weighted by Gasteiger charge is 2.28. The van der Waals surface area contributed by atoms with E-state index in [-0.39, 0.29) is 5.60 Å². The molecule has 0 fully saturated rings. The van der Waals surface area contributed by atoms with Gasteiger partial charge in [-0.25, -0.2) is 0 Å². The quantitative estimate of drug-likeness (QED) is 0.604.